The number of rotatable bonds is 11. The summed E-state index contributed by atoms with van der Waals surface area (Å²) in [6.07, 6.45) is 8.02. The molecule has 0 aliphatic carbocycles. The zero-order chi connectivity index (χ0) is 12.2. The highest BCUT2D eigenvalue weighted by molar-refractivity contribution is 4.66. The van der Waals surface area contributed by atoms with Crippen molar-refractivity contribution in [1.29, 1.82) is 0 Å². The van der Waals surface area contributed by atoms with Crippen LogP contribution in [0.4, 0.5) is 0 Å². The maximum atomic E-state index is 5.69. The third-order valence-electron chi connectivity index (χ3n) is 3.12. The van der Waals surface area contributed by atoms with Crippen LogP contribution >= 0.6 is 0 Å². The fourth-order valence-corrected chi connectivity index (χ4v) is 1.80. The van der Waals surface area contributed by atoms with E-state index in [9.17, 15) is 0 Å². The Balaban J connectivity index is 3.19. The van der Waals surface area contributed by atoms with Gasteiger partial charge in [-0.25, -0.2) is 0 Å². The Kier molecular flexibility index (Phi) is 11.3. The van der Waals surface area contributed by atoms with E-state index in [1.54, 1.807) is 0 Å². The quantitative estimate of drug-likeness (QED) is 0.547. The highest BCUT2D eigenvalue weighted by Crippen LogP contribution is 2.06. The highest BCUT2D eigenvalue weighted by atomic mass is 16.5. The van der Waals surface area contributed by atoms with Crippen molar-refractivity contribution in [2.75, 3.05) is 20.3 Å². The van der Waals surface area contributed by atoms with Gasteiger partial charge in [-0.2, -0.15) is 0 Å². The Labute approximate surface area is 102 Å². The lowest BCUT2D eigenvalue weighted by atomic mass is 10.1. The summed E-state index contributed by atoms with van der Waals surface area (Å²) < 4.78 is 5.69. The Morgan fingerprint density at radius 1 is 1.00 bits per heavy atom. The maximum Gasteiger partial charge on any atom is 0.0621 e. The van der Waals surface area contributed by atoms with Gasteiger partial charge in [0.15, 0.2) is 0 Å². The van der Waals surface area contributed by atoms with E-state index >= 15 is 0 Å². The molecule has 1 atom stereocenters. The normalized spacial score (nSPS) is 13.3. The molecule has 16 heavy (non-hydrogen) atoms. The van der Waals surface area contributed by atoms with Gasteiger partial charge in [-0.3, -0.25) is 0 Å². The van der Waals surface area contributed by atoms with Crippen LogP contribution in [0.5, 0.6) is 0 Å². The second-order valence-electron chi connectivity index (χ2n) is 4.98. The molecule has 98 valence electrons. The van der Waals surface area contributed by atoms with Gasteiger partial charge in [-0.15, -0.1) is 0 Å². The van der Waals surface area contributed by atoms with Crippen molar-refractivity contribution in [3.8, 4) is 0 Å². The molecule has 0 spiro atoms. The summed E-state index contributed by atoms with van der Waals surface area (Å²) in [5.74, 6) is 0.648. The highest BCUT2D eigenvalue weighted by Gasteiger charge is 2.09. The topological polar surface area (TPSA) is 21.3 Å². The predicted molar refractivity (Wildman–Crippen MR) is 71.9 cm³/mol. The maximum absolute atomic E-state index is 5.69. The van der Waals surface area contributed by atoms with E-state index in [-0.39, 0.29) is 0 Å². The molecule has 0 fully saturated rings. The first kappa shape index (κ1) is 15.9. The largest absolute Gasteiger partial charge is 0.380 e. The molecule has 1 N–H and O–H groups in total. The second kappa shape index (κ2) is 11.4. The van der Waals surface area contributed by atoms with Crippen LogP contribution in [-0.2, 0) is 4.74 Å². The van der Waals surface area contributed by atoms with Crippen LogP contribution in [0.3, 0.4) is 0 Å². The fourth-order valence-electron chi connectivity index (χ4n) is 1.80. The molecular weight excluding hydrogens is 198 g/mol. The van der Waals surface area contributed by atoms with Crippen LogP contribution < -0.4 is 5.32 Å². The van der Waals surface area contributed by atoms with Crippen molar-refractivity contribution >= 4 is 0 Å². The van der Waals surface area contributed by atoms with Gasteiger partial charge in [-0.05, 0) is 19.4 Å². The molecule has 0 aliphatic heterocycles. The number of ether oxygens (including phenoxy) is 1. The zero-order valence-corrected chi connectivity index (χ0v) is 11.7. The van der Waals surface area contributed by atoms with E-state index in [2.05, 4.69) is 26.1 Å². The van der Waals surface area contributed by atoms with Gasteiger partial charge in [0.05, 0.1) is 6.61 Å². The van der Waals surface area contributed by atoms with Crippen molar-refractivity contribution in [1.82, 2.24) is 5.32 Å². The monoisotopic (exact) mass is 229 g/mol. The molecule has 0 heterocycles. The number of nitrogens with one attached hydrogen (secondary N) is 1. The van der Waals surface area contributed by atoms with Gasteiger partial charge in [0.2, 0.25) is 0 Å². The van der Waals surface area contributed by atoms with Crippen LogP contribution in [0.25, 0.3) is 0 Å². The molecule has 0 amide bonds. The van der Waals surface area contributed by atoms with E-state index in [1.165, 1.54) is 38.5 Å². The summed E-state index contributed by atoms with van der Waals surface area (Å²) in [7, 11) is 2.01. The smallest absolute Gasteiger partial charge is 0.0621 e. The summed E-state index contributed by atoms with van der Waals surface area (Å²) in [6.45, 7) is 8.50. The first-order valence-corrected chi connectivity index (χ1v) is 6.97. The van der Waals surface area contributed by atoms with Crippen molar-refractivity contribution in [2.45, 2.75) is 65.3 Å². The van der Waals surface area contributed by atoms with Gasteiger partial charge >= 0.3 is 0 Å². The molecule has 0 radical (unpaired) electrons. The number of unbranched alkanes of at least 4 members (excludes halogenated alkanes) is 5. The Morgan fingerprint density at radius 2 is 1.62 bits per heavy atom. The van der Waals surface area contributed by atoms with Gasteiger partial charge in [0, 0.05) is 12.6 Å². The van der Waals surface area contributed by atoms with Crippen LogP contribution in [-0.4, -0.2) is 26.3 Å². The standard InChI is InChI=1S/C14H31NO/c1-5-6-7-8-9-10-11-16-12-14(15-4)13(2)3/h13-15H,5-12H2,1-4H3. The Hall–Kier alpha value is -0.0800. The lowest BCUT2D eigenvalue weighted by Gasteiger charge is -2.19. The Bertz CT molecular complexity index is 137. The van der Waals surface area contributed by atoms with Gasteiger partial charge in [-0.1, -0.05) is 52.9 Å². The van der Waals surface area contributed by atoms with Crippen molar-refractivity contribution in [3.05, 3.63) is 0 Å². The second-order valence-corrected chi connectivity index (χ2v) is 4.98. The number of hydrogen-bond acceptors (Lipinski definition) is 2. The predicted octanol–water partition coefficient (Wildman–Crippen LogP) is 3.61. The molecule has 0 aromatic carbocycles. The molecule has 2 heteroatoms. The first-order chi connectivity index (χ1) is 7.72. The third-order valence-corrected chi connectivity index (χ3v) is 3.12. The number of hydrogen-bond donors (Lipinski definition) is 1. The minimum atomic E-state index is 0.500. The molecule has 0 saturated heterocycles. The first-order valence-electron chi connectivity index (χ1n) is 6.97. The summed E-state index contributed by atoms with van der Waals surface area (Å²) in [4.78, 5) is 0. The average Bonchev–Trinajstić information content (AvgIpc) is 2.26. The molecule has 0 aromatic rings. The molecule has 2 nitrogen and oxygen atoms in total. The van der Waals surface area contributed by atoms with E-state index < -0.39 is 0 Å². The summed E-state index contributed by atoms with van der Waals surface area (Å²) >= 11 is 0. The van der Waals surface area contributed by atoms with Crippen molar-refractivity contribution in [3.63, 3.8) is 0 Å². The van der Waals surface area contributed by atoms with Crippen LogP contribution in [0.2, 0.25) is 0 Å². The summed E-state index contributed by atoms with van der Waals surface area (Å²) in [5, 5.41) is 3.30. The van der Waals surface area contributed by atoms with Gasteiger partial charge < -0.3 is 10.1 Å². The SMILES string of the molecule is CCCCCCCCOCC(NC)C(C)C. The van der Waals surface area contributed by atoms with E-state index in [1.807, 2.05) is 7.05 Å². The average molecular weight is 229 g/mol. The molecule has 0 saturated carbocycles. The Morgan fingerprint density at radius 3 is 2.19 bits per heavy atom. The summed E-state index contributed by atoms with van der Waals surface area (Å²) in [5.41, 5.74) is 0. The molecule has 0 aromatic heterocycles. The van der Waals surface area contributed by atoms with Gasteiger partial charge in [0.25, 0.3) is 0 Å². The lowest BCUT2D eigenvalue weighted by Crippen LogP contribution is -2.35. The van der Waals surface area contributed by atoms with E-state index in [0.29, 0.717) is 12.0 Å². The van der Waals surface area contributed by atoms with Crippen LogP contribution in [0.15, 0.2) is 0 Å². The number of likely N-dealkylation sites (N-methyl/N-ethyl adjacent to an activating group) is 1. The van der Waals surface area contributed by atoms with Crippen molar-refractivity contribution < 1.29 is 4.74 Å². The molecule has 0 aliphatic rings. The summed E-state index contributed by atoms with van der Waals surface area (Å²) in [6, 6.07) is 0.500. The fraction of sp³-hybridized carbons (Fsp3) is 1.00. The molecular formula is C14H31NO. The van der Waals surface area contributed by atoms with Crippen LogP contribution in [0, 0.1) is 5.92 Å². The molecule has 0 rings (SSSR count). The lowest BCUT2D eigenvalue weighted by molar-refractivity contribution is 0.0973. The van der Waals surface area contributed by atoms with Gasteiger partial charge in [0.1, 0.15) is 0 Å². The van der Waals surface area contributed by atoms with E-state index in [0.717, 1.165) is 13.2 Å². The van der Waals surface area contributed by atoms with Crippen LogP contribution in [0.1, 0.15) is 59.3 Å². The minimum absolute atomic E-state index is 0.500. The van der Waals surface area contributed by atoms with Crippen molar-refractivity contribution in [2.24, 2.45) is 5.92 Å². The van der Waals surface area contributed by atoms with E-state index in [4.69, 9.17) is 4.74 Å². The minimum Gasteiger partial charge on any atom is -0.380 e. The third kappa shape index (κ3) is 9.17. The zero-order valence-electron chi connectivity index (χ0n) is 11.7. The molecule has 1 unspecified atom stereocenters. The molecule has 0 bridgehead atoms.